The summed E-state index contributed by atoms with van der Waals surface area (Å²) >= 11 is 0. The second-order valence-corrected chi connectivity index (χ2v) is 3.03. The van der Waals surface area contributed by atoms with E-state index in [9.17, 15) is 4.39 Å². The summed E-state index contributed by atoms with van der Waals surface area (Å²) in [4.78, 5) is 0. The Morgan fingerprint density at radius 1 is 1.73 bits per heavy atom. The van der Waals surface area contributed by atoms with Crippen LogP contribution >= 0.6 is 0 Å². The monoisotopic (exact) mass is 161 g/mol. The van der Waals surface area contributed by atoms with E-state index in [2.05, 4.69) is 5.32 Å². The third-order valence-corrected chi connectivity index (χ3v) is 1.97. The van der Waals surface area contributed by atoms with Gasteiger partial charge in [0.2, 0.25) is 0 Å². The van der Waals surface area contributed by atoms with Crippen molar-refractivity contribution >= 4 is 0 Å². The number of halogens is 1. The summed E-state index contributed by atoms with van der Waals surface area (Å²) in [5.74, 6) is 0. The fraction of sp³-hybridized carbons (Fsp3) is 1.00. The van der Waals surface area contributed by atoms with E-state index in [0.717, 1.165) is 19.4 Å². The van der Waals surface area contributed by atoms with E-state index in [-0.39, 0.29) is 6.10 Å². The van der Waals surface area contributed by atoms with Gasteiger partial charge in [0, 0.05) is 19.6 Å². The molecule has 0 radical (unpaired) electrons. The van der Waals surface area contributed by atoms with Crippen molar-refractivity contribution < 1.29 is 9.13 Å². The number of hydrogen-bond donors (Lipinski definition) is 1. The minimum absolute atomic E-state index is 0.179. The van der Waals surface area contributed by atoms with Crippen LogP contribution in [-0.2, 0) is 4.74 Å². The topological polar surface area (TPSA) is 21.3 Å². The average Bonchev–Trinajstić information content (AvgIpc) is 2.40. The highest BCUT2D eigenvalue weighted by molar-refractivity contribution is 4.70. The third-order valence-electron chi connectivity index (χ3n) is 1.97. The van der Waals surface area contributed by atoms with E-state index in [1.54, 1.807) is 7.05 Å². The van der Waals surface area contributed by atoms with E-state index < -0.39 is 6.17 Å². The summed E-state index contributed by atoms with van der Waals surface area (Å²) in [6.45, 7) is 1.26. The second-order valence-electron chi connectivity index (χ2n) is 3.03. The molecule has 0 aliphatic carbocycles. The van der Waals surface area contributed by atoms with Gasteiger partial charge >= 0.3 is 0 Å². The fourth-order valence-corrected chi connectivity index (χ4v) is 1.42. The highest BCUT2D eigenvalue weighted by Crippen LogP contribution is 2.17. The molecule has 1 aliphatic rings. The maximum absolute atomic E-state index is 12.9. The summed E-state index contributed by atoms with van der Waals surface area (Å²) in [5, 5.41) is 2.81. The number of alkyl halides is 1. The van der Waals surface area contributed by atoms with Crippen LogP contribution in [-0.4, -0.2) is 32.5 Å². The van der Waals surface area contributed by atoms with Gasteiger partial charge in [0.25, 0.3) is 0 Å². The third kappa shape index (κ3) is 3.16. The number of nitrogens with one attached hydrogen (secondary N) is 1. The van der Waals surface area contributed by atoms with Gasteiger partial charge in [-0.2, -0.15) is 0 Å². The molecule has 0 aromatic rings. The molecule has 0 saturated carbocycles. The summed E-state index contributed by atoms with van der Waals surface area (Å²) < 4.78 is 18.2. The molecule has 66 valence electrons. The molecule has 0 aromatic carbocycles. The maximum Gasteiger partial charge on any atom is 0.115 e. The predicted octanol–water partition coefficient (Wildman–Crippen LogP) is 1.11. The molecule has 1 aliphatic heterocycles. The van der Waals surface area contributed by atoms with Crippen molar-refractivity contribution in [2.45, 2.75) is 31.5 Å². The van der Waals surface area contributed by atoms with Crippen molar-refractivity contribution in [3.8, 4) is 0 Å². The lowest BCUT2D eigenvalue weighted by Gasteiger charge is -2.12. The molecule has 2 atom stereocenters. The Bertz CT molecular complexity index is 104. The van der Waals surface area contributed by atoms with Gasteiger partial charge in [0.1, 0.15) is 6.17 Å². The predicted molar refractivity (Wildman–Crippen MR) is 42.4 cm³/mol. The Labute approximate surface area is 67.1 Å². The van der Waals surface area contributed by atoms with E-state index in [1.807, 2.05) is 0 Å². The van der Waals surface area contributed by atoms with E-state index in [0.29, 0.717) is 13.0 Å². The normalized spacial score (nSPS) is 27.3. The molecule has 1 rings (SSSR count). The molecule has 0 amide bonds. The molecule has 0 aromatic heterocycles. The Kier molecular flexibility index (Phi) is 3.80. The molecule has 1 fully saturated rings. The molecule has 1 saturated heterocycles. The highest BCUT2D eigenvalue weighted by atomic mass is 19.1. The molecule has 0 unspecified atom stereocenters. The first kappa shape index (κ1) is 8.94. The smallest absolute Gasteiger partial charge is 0.115 e. The molecule has 0 bridgehead atoms. The van der Waals surface area contributed by atoms with Crippen LogP contribution in [0.5, 0.6) is 0 Å². The first-order valence-electron chi connectivity index (χ1n) is 4.23. The van der Waals surface area contributed by atoms with E-state index in [4.69, 9.17) is 4.74 Å². The fourth-order valence-electron chi connectivity index (χ4n) is 1.42. The van der Waals surface area contributed by atoms with Gasteiger partial charge in [-0.05, 0) is 19.9 Å². The zero-order chi connectivity index (χ0) is 8.10. The van der Waals surface area contributed by atoms with Gasteiger partial charge in [-0.3, -0.25) is 0 Å². The Morgan fingerprint density at radius 2 is 2.55 bits per heavy atom. The SMILES string of the molecule is CNC[C@H](F)C[C@@H]1CCCO1. The minimum atomic E-state index is -0.747. The van der Waals surface area contributed by atoms with Crippen LogP contribution in [0.3, 0.4) is 0 Å². The Morgan fingerprint density at radius 3 is 3.09 bits per heavy atom. The first-order valence-corrected chi connectivity index (χ1v) is 4.23. The lowest BCUT2D eigenvalue weighted by atomic mass is 10.1. The molecule has 1 N–H and O–H groups in total. The van der Waals surface area contributed by atoms with Crippen LogP contribution in [0, 0.1) is 0 Å². The molecule has 2 nitrogen and oxygen atoms in total. The number of rotatable bonds is 4. The van der Waals surface area contributed by atoms with Crippen LogP contribution in [0.2, 0.25) is 0 Å². The Balaban J connectivity index is 2.08. The van der Waals surface area contributed by atoms with Gasteiger partial charge in [-0.25, -0.2) is 4.39 Å². The molecule has 0 spiro atoms. The van der Waals surface area contributed by atoms with Crippen molar-refractivity contribution in [3.05, 3.63) is 0 Å². The van der Waals surface area contributed by atoms with Crippen molar-refractivity contribution in [3.63, 3.8) is 0 Å². The van der Waals surface area contributed by atoms with Crippen LogP contribution in [0.4, 0.5) is 4.39 Å². The lowest BCUT2D eigenvalue weighted by molar-refractivity contribution is 0.0812. The molecular weight excluding hydrogens is 145 g/mol. The molecular formula is C8H16FNO. The molecule has 3 heteroatoms. The summed E-state index contributed by atoms with van der Waals surface area (Å²) in [5.41, 5.74) is 0. The summed E-state index contributed by atoms with van der Waals surface area (Å²) in [7, 11) is 1.77. The first-order chi connectivity index (χ1) is 5.33. The van der Waals surface area contributed by atoms with E-state index in [1.165, 1.54) is 0 Å². The highest BCUT2D eigenvalue weighted by Gasteiger charge is 2.19. The molecule has 1 heterocycles. The van der Waals surface area contributed by atoms with Gasteiger partial charge in [-0.15, -0.1) is 0 Å². The van der Waals surface area contributed by atoms with Gasteiger partial charge in [-0.1, -0.05) is 0 Å². The largest absolute Gasteiger partial charge is 0.378 e. The zero-order valence-electron chi connectivity index (χ0n) is 6.98. The minimum Gasteiger partial charge on any atom is -0.378 e. The van der Waals surface area contributed by atoms with Crippen molar-refractivity contribution in [1.82, 2.24) is 5.32 Å². The quantitative estimate of drug-likeness (QED) is 0.667. The van der Waals surface area contributed by atoms with Crippen molar-refractivity contribution in [2.24, 2.45) is 0 Å². The van der Waals surface area contributed by atoms with Crippen LogP contribution in [0.25, 0.3) is 0 Å². The number of hydrogen-bond acceptors (Lipinski definition) is 2. The van der Waals surface area contributed by atoms with Crippen LogP contribution in [0.1, 0.15) is 19.3 Å². The second kappa shape index (κ2) is 4.67. The molecule has 11 heavy (non-hydrogen) atoms. The summed E-state index contributed by atoms with van der Waals surface area (Å²) in [6.07, 6.45) is 2.11. The van der Waals surface area contributed by atoms with Gasteiger partial charge in [0.05, 0.1) is 6.10 Å². The zero-order valence-corrected chi connectivity index (χ0v) is 6.98. The number of ether oxygens (including phenoxy) is 1. The van der Waals surface area contributed by atoms with Crippen LogP contribution in [0.15, 0.2) is 0 Å². The van der Waals surface area contributed by atoms with E-state index >= 15 is 0 Å². The van der Waals surface area contributed by atoms with Crippen LogP contribution < -0.4 is 5.32 Å². The lowest BCUT2D eigenvalue weighted by Crippen LogP contribution is -2.24. The summed E-state index contributed by atoms with van der Waals surface area (Å²) in [6, 6.07) is 0. The Hall–Kier alpha value is -0.150. The van der Waals surface area contributed by atoms with Gasteiger partial charge in [0.15, 0.2) is 0 Å². The average molecular weight is 161 g/mol. The van der Waals surface area contributed by atoms with Crippen molar-refractivity contribution in [2.75, 3.05) is 20.2 Å². The standard InChI is InChI=1S/C8H16FNO/c1-10-6-7(9)5-8-3-2-4-11-8/h7-8,10H,2-6H2,1H3/t7-,8+/m1/s1. The van der Waals surface area contributed by atoms with Crippen molar-refractivity contribution in [1.29, 1.82) is 0 Å². The van der Waals surface area contributed by atoms with Gasteiger partial charge < -0.3 is 10.1 Å². The maximum atomic E-state index is 12.9.